The van der Waals surface area contributed by atoms with E-state index in [1.54, 1.807) is 24.5 Å². The predicted octanol–water partition coefficient (Wildman–Crippen LogP) is 5.96. The van der Waals surface area contributed by atoms with Crippen molar-refractivity contribution in [2.45, 2.75) is 40.2 Å². The molecular formula is C24H26FNO3. The number of amides is 1. The van der Waals surface area contributed by atoms with Gasteiger partial charge in [-0.2, -0.15) is 0 Å². The van der Waals surface area contributed by atoms with E-state index in [0.29, 0.717) is 17.9 Å². The Morgan fingerprint density at radius 1 is 1.24 bits per heavy atom. The average molecular weight is 395 g/mol. The van der Waals surface area contributed by atoms with Gasteiger partial charge in [-0.25, -0.2) is 4.39 Å². The lowest BCUT2D eigenvalue weighted by Crippen LogP contribution is -2.30. The fourth-order valence-corrected chi connectivity index (χ4v) is 3.15. The lowest BCUT2D eigenvalue weighted by molar-refractivity contribution is -0.117. The van der Waals surface area contributed by atoms with Crippen molar-refractivity contribution in [1.29, 1.82) is 0 Å². The Morgan fingerprint density at radius 2 is 1.97 bits per heavy atom. The molecule has 0 fully saturated rings. The first-order chi connectivity index (χ1) is 13.9. The van der Waals surface area contributed by atoms with E-state index in [2.05, 4.69) is 5.32 Å². The van der Waals surface area contributed by atoms with Crippen LogP contribution in [0.2, 0.25) is 0 Å². The summed E-state index contributed by atoms with van der Waals surface area (Å²) < 4.78 is 24.8. The van der Waals surface area contributed by atoms with Crippen molar-refractivity contribution in [1.82, 2.24) is 5.32 Å². The molecule has 0 aliphatic heterocycles. The number of halogens is 1. The van der Waals surface area contributed by atoms with Crippen LogP contribution in [-0.2, 0) is 4.79 Å². The van der Waals surface area contributed by atoms with Crippen molar-refractivity contribution in [2.24, 2.45) is 0 Å². The summed E-state index contributed by atoms with van der Waals surface area (Å²) in [4.78, 5) is 12.3. The summed E-state index contributed by atoms with van der Waals surface area (Å²) in [6, 6.07) is 10.2. The number of hydrogen-bond donors (Lipinski definition) is 1. The molecule has 1 amide bonds. The molecule has 1 unspecified atom stereocenters. The van der Waals surface area contributed by atoms with Crippen LogP contribution in [0.15, 0.2) is 53.2 Å². The van der Waals surface area contributed by atoms with E-state index in [1.165, 1.54) is 12.1 Å². The van der Waals surface area contributed by atoms with Gasteiger partial charge in [-0.1, -0.05) is 19.1 Å². The lowest BCUT2D eigenvalue weighted by atomic mass is 9.99. The number of ether oxygens (including phenoxy) is 1. The van der Waals surface area contributed by atoms with Crippen molar-refractivity contribution in [3.63, 3.8) is 0 Å². The molecule has 152 valence electrons. The summed E-state index contributed by atoms with van der Waals surface area (Å²) in [6.45, 7) is 8.29. The number of benzene rings is 2. The lowest BCUT2D eigenvalue weighted by Gasteiger charge is -2.13. The highest BCUT2D eigenvalue weighted by Crippen LogP contribution is 2.37. The molecule has 4 nitrogen and oxygen atoms in total. The fraction of sp³-hybridized carbons (Fsp3) is 0.292. The highest BCUT2D eigenvalue weighted by molar-refractivity contribution is 6.00. The molecule has 2 aromatic carbocycles. The molecule has 0 radical (unpaired) electrons. The van der Waals surface area contributed by atoms with Gasteiger partial charge in [-0.05, 0) is 56.5 Å². The van der Waals surface area contributed by atoms with E-state index in [1.807, 2.05) is 39.8 Å². The molecule has 29 heavy (non-hydrogen) atoms. The zero-order valence-corrected chi connectivity index (χ0v) is 17.2. The van der Waals surface area contributed by atoms with E-state index in [0.717, 1.165) is 34.1 Å². The second-order valence-corrected chi connectivity index (χ2v) is 7.08. The summed E-state index contributed by atoms with van der Waals surface area (Å²) in [5.74, 6) is 0.238. The van der Waals surface area contributed by atoms with Gasteiger partial charge in [0.25, 0.3) is 0 Å². The van der Waals surface area contributed by atoms with Gasteiger partial charge in [0.2, 0.25) is 5.91 Å². The highest BCUT2D eigenvalue weighted by atomic mass is 19.1. The molecule has 0 bridgehead atoms. The maximum atomic E-state index is 13.3. The van der Waals surface area contributed by atoms with Crippen molar-refractivity contribution < 1.29 is 18.3 Å². The first kappa shape index (κ1) is 20.6. The van der Waals surface area contributed by atoms with E-state index >= 15 is 0 Å². The minimum Gasteiger partial charge on any atom is -0.493 e. The second kappa shape index (κ2) is 8.95. The Morgan fingerprint density at radius 3 is 2.62 bits per heavy atom. The third-order valence-electron chi connectivity index (χ3n) is 4.90. The number of rotatable bonds is 7. The van der Waals surface area contributed by atoms with Gasteiger partial charge in [-0.15, -0.1) is 0 Å². The van der Waals surface area contributed by atoms with Crippen LogP contribution in [0.25, 0.3) is 27.7 Å². The topological polar surface area (TPSA) is 51.5 Å². The quantitative estimate of drug-likeness (QED) is 0.503. The number of allylic oxidation sites excluding steroid dienone is 1. The Hall–Kier alpha value is -3.08. The number of nitrogens with one attached hydrogen (secondary N) is 1. The van der Waals surface area contributed by atoms with Crippen LogP contribution in [0.1, 0.15) is 39.7 Å². The number of carbonyl (C=O) groups is 1. The van der Waals surface area contributed by atoms with Crippen molar-refractivity contribution >= 4 is 22.4 Å². The first-order valence-electron chi connectivity index (χ1n) is 9.86. The summed E-state index contributed by atoms with van der Waals surface area (Å²) in [5, 5.41) is 3.83. The van der Waals surface area contributed by atoms with E-state index in [4.69, 9.17) is 9.15 Å². The molecule has 1 aromatic heterocycles. The fourth-order valence-electron chi connectivity index (χ4n) is 3.15. The van der Waals surface area contributed by atoms with Gasteiger partial charge in [0.05, 0.1) is 12.9 Å². The number of carbonyl (C=O) groups excluding carboxylic acids is 1. The van der Waals surface area contributed by atoms with Crippen LogP contribution < -0.4 is 10.1 Å². The van der Waals surface area contributed by atoms with Gasteiger partial charge < -0.3 is 14.5 Å². The standard InChI is InChI=1S/C24H26FNO3/c1-5-16(4)26-24(27)11-15(3)19-12-20-21(17-7-9-18(25)10-8-17)14-29-23(20)13-22(19)28-6-2/h7-14,16H,5-6H2,1-4H3,(H,26,27)/b15-11+. The SMILES string of the molecule is CCOc1cc2occ(-c3ccc(F)cc3)c2cc1/C(C)=C/C(=O)NC(C)CC. The van der Waals surface area contributed by atoms with Crippen LogP contribution in [-0.4, -0.2) is 18.6 Å². The first-order valence-corrected chi connectivity index (χ1v) is 9.86. The van der Waals surface area contributed by atoms with Gasteiger partial charge in [0.1, 0.15) is 17.1 Å². The third-order valence-corrected chi connectivity index (χ3v) is 4.90. The molecule has 0 spiro atoms. The van der Waals surface area contributed by atoms with E-state index in [-0.39, 0.29) is 17.8 Å². The summed E-state index contributed by atoms with van der Waals surface area (Å²) in [7, 11) is 0. The third kappa shape index (κ3) is 4.67. The van der Waals surface area contributed by atoms with Crippen molar-refractivity contribution in [3.8, 4) is 16.9 Å². The molecule has 1 N–H and O–H groups in total. The number of fused-ring (bicyclic) bond motifs is 1. The van der Waals surface area contributed by atoms with Crippen LogP contribution >= 0.6 is 0 Å². The molecule has 0 saturated heterocycles. The maximum absolute atomic E-state index is 13.3. The van der Waals surface area contributed by atoms with Gasteiger partial charge in [-0.3, -0.25) is 4.79 Å². The van der Waals surface area contributed by atoms with Crippen LogP contribution in [0.3, 0.4) is 0 Å². The Bertz CT molecular complexity index is 1030. The summed E-state index contributed by atoms with van der Waals surface area (Å²) in [5.41, 5.74) is 4.01. The van der Waals surface area contributed by atoms with Crippen LogP contribution in [0.5, 0.6) is 5.75 Å². The number of hydrogen-bond acceptors (Lipinski definition) is 3. The molecule has 5 heteroatoms. The zero-order chi connectivity index (χ0) is 21.0. The maximum Gasteiger partial charge on any atom is 0.244 e. The van der Waals surface area contributed by atoms with Gasteiger partial charge in [0.15, 0.2) is 0 Å². The summed E-state index contributed by atoms with van der Waals surface area (Å²) >= 11 is 0. The normalized spacial score (nSPS) is 12.8. The average Bonchev–Trinajstić information content (AvgIpc) is 3.10. The molecular weight excluding hydrogens is 369 g/mol. The van der Waals surface area contributed by atoms with Crippen molar-refractivity contribution in [3.05, 3.63) is 60.1 Å². The largest absolute Gasteiger partial charge is 0.493 e. The predicted molar refractivity (Wildman–Crippen MR) is 114 cm³/mol. The van der Waals surface area contributed by atoms with Crippen molar-refractivity contribution in [2.75, 3.05) is 6.61 Å². The number of furan rings is 1. The minimum absolute atomic E-state index is 0.111. The Balaban J connectivity index is 2.06. The zero-order valence-electron chi connectivity index (χ0n) is 17.2. The highest BCUT2D eigenvalue weighted by Gasteiger charge is 2.15. The van der Waals surface area contributed by atoms with Gasteiger partial charge in [0, 0.05) is 34.7 Å². The van der Waals surface area contributed by atoms with Crippen LogP contribution in [0.4, 0.5) is 4.39 Å². The monoisotopic (exact) mass is 395 g/mol. The second-order valence-electron chi connectivity index (χ2n) is 7.08. The Kier molecular flexibility index (Phi) is 6.37. The molecule has 0 aliphatic rings. The molecule has 1 heterocycles. The summed E-state index contributed by atoms with van der Waals surface area (Å²) in [6.07, 6.45) is 4.12. The Labute approximate surface area is 170 Å². The van der Waals surface area contributed by atoms with Gasteiger partial charge >= 0.3 is 0 Å². The molecule has 3 aromatic rings. The smallest absolute Gasteiger partial charge is 0.244 e. The molecule has 1 atom stereocenters. The van der Waals surface area contributed by atoms with Crippen LogP contribution in [0, 0.1) is 5.82 Å². The molecule has 0 saturated carbocycles. The van der Waals surface area contributed by atoms with E-state index < -0.39 is 0 Å². The van der Waals surface area contributed by atoms with E-state index in [9.17, 15) is 9.18 Å². The molecule has 3 rings (SSSR count). The minimum atomic E-state index is -0.285. The molecule has 0 aliphatic carbocycles.